The van der Waals surface area contributed by atoms with Crippen LogP contribution in [0.25, 0.3) is 22.6 Å². The topological polar surface area (TPSA) is 103 Å². The molecular weight excluding hydrogens is 472 g/mol. The van der Waals surface area contributed by atoms with Gasteiger partial charge in [-0.1, -0.05) is 23.4 Å². The second-order valence-corrected chi connectivity index (χ2v) is 9.47. The summed E-state index contributed by atoms with van der Waals surface area (Å²) in [6, 6.07) is 11.6. The van der Waals surface area contributed by atoms with Gasteiger partial charge in [0.15, 0.2) is 17.3 Å². The summed E-state index contributed by atoms with van der Waals surface area (Å²) < 4.78 is 22.7. The van der Waals surface area contributed by atoms with Crippen LogP contribution in [0.1, 0.15) is 49.5 Å². The number of benzene rings is 2. The van der Waals surface area contributed by atoms with Crippen molar-refractivity contribution in [2.45, 2.75) is 45.6 Å². The van der Waals surface area contributed by atoms with Crippen LogP contribution in [0.3, 0.4) is 0 Å². The Morgan fingerprint density at radius 3 is 2.76 bits per heavy atom. The van der Waals surface area contributed by atoms with Crippen molar-refractivity contribution < 1.29 is 28.6 Å². The summed E-state index contributed by atoms with van der Waals surface area (Å²) in [7, 11) is 0. The molecule has 1 aliphatic carbocycles. The molecule has 8 nitrogen and oxygen atoms in total. The van der Waals surface area contributed by atoms with Crippen molar-refractivity contribution in [3.63, 3.8) is 0 Å². The number of aliphatic hydroxyl groups is 1. The number of rotatable bonds is 9. The van der Waals surface area contributed by atoms with E-state index >= 15 is 0 Å². The van der Waals surface area contributed by atoms with Gasteiger partial charge in [-0.2, -0.15) is 0 Å². The Hall–Kier alpha value is -3.36. The highest BCUT2D eigenvalue weighted by molar-refractivity contribution is 5.77. The number of ether oxygens (including phenoxy) is 3. The van der Waals surface area contributed by atoms with Crippen LogP contribution in [0.5, 0.6) is 11.5 Å². The third-order valence-corrected chi connectivity index (χ3v) is 7.02. The molecule has 0 bridgehead atoms. The van der Waals surface area contributed by atoms with Crippen molar-refractivity contribution in [3.05, 3.63) is 53.1 Å². The monoisotopic (exact) mass is 506 g/mol. The van der Waals surface area contributed by atoms with Gasteiger partial charge in [-0.15, -0.1) is 0 Å². The normalized spacial score (nSPS) is 17.4. The fourth-order valence-corrected chi connectivity index (χ4v) is 5.12. The molecule has 1 aliphatic heterocycles. The molecule has 2 heterocycles. The maximum atomic E-state index is 12.3. The Morgan fingerprint density at radius 1 is 1.14 bits per heavy atom. The number of carbonyl (C=O) groups excluding carboxylic acids is 1. The van der Waals surface area contributed by atoms with Crippen molar-refractivity contribution in [1.29, 1.82) is 0 Å². The van der Waals surface area contributed by atoms with E-state index in [1.807, 2.05) is 50.2 Å². The molecule has 1 saturated heterocycles. The van der Waals surface area contributed by atoms with Crippen LogP contribution in [-0.4, -0.2) is 49.1 Å². The van der Waals surface area contributed by atoms with Crippen LogP contribution in [-0.2, 0) is 22.4 Å². The first-order valence-electron chi connectivity index (χ1n) is 13.2. The summed E-state index contributed by atoms with van der Waals surface area (Å²) in [5.41, 5.74) is 5.59. The Morgan fingerprint density at radius 2 is 1.97 bits per heavy atom. The van der Waals surface area contributed by atoms with Crippen LogP contribution in [0.2, 0.25) is 0 Å². The van der Waals surface area contributed by atoms with E-state index in [-0.39, 0.29) is 18.5 Å². The first-order valence-corrected chi connectivity index (χ1v) is 13.2. The van der Waals surface area contributed by atoms with E-state index in [0.717, 1.165) is 71.5 Å². The maximum Gasteiger partial charge on any atom is 0.310 e. The minimum Gasteiger partial charge on any atom is -0.490 e. The zero-order chi connectivity index (χ0) is 25.8. The number of aliphatic hydroxyl groups excluding tert-OH is 1. The second kappa shape index (κ2) is 11.4. The van der Waals surface area contributed by atoms with Crippen molar-refractivity contribution in [2.24, 2.45) is 5.92 Å². The summed E-state index contributed by atoms with van der Waals surface area (Å²) >= 11 is 0. The Kier molecular flexibility index (Phi) is 7.76. The van der Waals surface area contributed by atoms with Crippen LogP contribution in [0, 0.1) is 5.92 Å². The van der Waals surface area contributed by atoms with Gasteiger partial charge >= 0.3 is 5.97 Å². The van der Waals surface area contributed by atoms with Gasteiger partial charge in [-0.05, 0) is 75.4 Å². The average molecular weight is 507 g/mol. The second-order valence-electron chi connectivity index (χ2n) is 9.47. The van der Waals surface area contributed by atoms with Gasteiger partial charge in [0.25, 0.3) is 0 Å². The van der Waals surface area contributed by atoms with Crippen molar-refractivity contribution in [3.8, 4) is 34.1 Å². The molecule has 2 aliphatic rings. The lowest BCUT2D eigenvalue weighted by Crippen LogP contribution is -2.35. The predicted octanol–water partition coefficient (Wildman–Crippen LogP) is 4.48. The van der Waals surface area contributed by atoms with E-state index in [4.69, 9.17) is 18.7 Å². The van der Waals surface area contributed by atoms with Gasteiger partial charge in [-0.3, -0.25) is 4.79 Å². The molecule has 5 rings (SSSR count). The van der Waals surface area contributed by atoms with Gasteiger partial charge in [0, 0.05) is 23.2 Å². The summed E-state index contributed by atoms with van der Waals surface area (Å²) in [6.07, 6.45) is 2.47. The van der Waals surface area contributed by atoms with Crippen LogP contribution in [0.4, 0.5) is 0 Å². The van der Waals surface area contributed by atoms with Gasteiger partial charge in [0.1, 0.15) is 18.4 Å². The molecule has 1 fully saturated rings. The van der Waals surface area contributed by atoms with Crippen LogP contribution >= 0.6 is 0 Å². The number of nitrogens with one attached hydrogen (secondary N) is 1. The number of aryl methyl sites for hydroxylation is 1. The van der Waals surface area contributed by atoms with Gasteiger partial charge < -0.3 is 29.2 Å². The van der Waals surface area contributed by atoms with Crippen molar-refractivity contribution >= 4 is 5.97 Å². The smallest absolute Gasteiger partial charge is 0.310 e. The average Bonchev–Trinajstić information content (AvgIpc) is 3.37. The third-order valence-electron chi connectivity index (χ3n) is 7.02. The number of fused-ring (bicyclic) bond motifs is 3. The van der Waals surface area contributed by atoms with Crippen molar-refractivity contribution in [1.82, 2.24) is 10.5 Å². The molecule has 196 valence electrons. The molecular formula is C29H34N2O6. The Labute approximate surface area is 216 Å². The Balaban J connectivity index is 1.32. The minimum absolute atomic E-state index is 0.0482. The van der Waals surface area contributed by atoms with E-state index in [1.54, 1.807) is 0 Å². The SMILES string of the molecule is CCOc1ccc(-c2onc3c2CCc2cc([C@H](O)COC(=O)C4CCCNC4)ccc2-3)cc1OCC. The van der Waals surface area contributed by atoms with Crippen LogP contribution < -0.4 is 14.8 Å². The molecule has 2 aromatic carbocycles. The van der Waals surface area contributed by atoms with E-state index in [9.17, 15) is 9.90 Å². The fraction of sp³-hybridized carbons (Fsp3) is 0.448. The highest BCUT2D eigenvalue weighted by atomic mass is 16.5. The zero-order valence-electron chi connectivity index (χ0n) is 21.4. The molecule has 3 aromatic rings. The lowest BCUT2D eigenvalue weighted by Gasteiger charge is -2.22. The first-order chi connectivity index (χ1) is 18.1. The molecule has 1 aromatic heterocycles. The van der Waals surface area contributed by atoms with E-state index in [1.165, 1.54) is 0 Å². The first kappa shape index (κ1) is 25.3. The number of aromatic nitrogens is 1. The fourth-order valence-electron chi connectivity index (χ4n) is 5.12. The maximum absolute atomic E-state index is 12.3. The molecule has 0 radical (unpaired) electrons. The lowest BCUT2D eigenvalue weighted by molar-refractivity contribution is -0.152. The number of hydrogen-bond donors (Lipinski definition) is 2. The third kappa shape index (κ3) is 5.36. The largest absolute Gasteiger partial charge is 0.490 e. The number of hydrogen-bond acceptors (Lipinski definition) is 8. The number of carbonyl (C=O) groups is 1. The highest BCUT2D eigenvalue weighted by Crippen LogP contribution is 2.41. The molecule has 0 saturated carbocycles. The molecule has 2 atom stereocenters. The van der Waals surface area contributed by atoms with Gasteiger partial charge in [0.2, 0.25) is 0 Å². The molecule has 1 unspecified atom stereocenters. The molecule has 2 N–H and O–H groups in total. The molecule has 0 spiro atoms. The summed E-state index contributed by atoms with van der Waals surface area (Å²) in [6.45, 7) is 6.51. The van der Waals surface area contributed by atoms with E-state index in [2.05, 4.69) is 10.5 Å². The molecule has 37 heavy (non-hydrogen) atoms. The zero-order valence-corrected chi connectivity index (χ0v) is 21.4. The van der Waals surface area contributed by atoms with Gasteiger partial charge in [0.05, 0.1) is 19.1 Å². The minimum atomic E-state index is -0.874. The number of piperidine rings is 1. The lowest BCUT2D eigenvalue weighted by atomic mass is 9.86. The molecule has 8 heteroatoms. The quantitative estimate of drug-likeness (QED) is 0.410. The summed E-state index contributed by atoms with van der Waals surface area (Å²) in [5, 5.41) is 18.3. The standard InChI is InChI=1S/C29H34N2O6/c1-3-34-25-12-9-20(15-26(25)35-4-2)28-23-11-7-18-14-19(8-10-22(18)27(23)31-37-28)24(32)17-36-29(33)21-6-5-13-30-16-21/h8-10,12,14-15,21,24,30,32H,3-7,11,13,16-17H2,1-2H3/t21?,24-/m1/s1. The Bertz CT molecular complexity index is 1250. The predicted molar refractivity (Wildman–Crippen MR) is 139 cm³/mol. The van der Waals surface area contributed by atoms with E-state index in [0.29, 0.717) is 31.3 Å². The van der Waals surface area contributed by atoms with Crippen LogP contribution in [0.15, 0.2) is 40.9 Å². The van der Waals surface area contributed by atoms with Gasteiger partial charge in [-0.25, -0.2) is 0 Å². The number of esters is 1. The summed E-state index contributed by atoms with van der Waals surface area (Å²) in [5.74, 6) is 1.74. The summed E-state index contributed by atoms with van der Waals surface area (Å²) in [4.78, 5) is 12.3. The van der Waals surface area contributed by atoms with E-state index < -0.39 is 6.10 Å². The number of nitrogens with zero attached hydrogens (tertiary/aromatic N) is 1. The highest BCUT2D eigenvalue weighted by Gasteiger charge is 2.27. The molecule has 0 amide bonds. The van der Waals surface area contributed by atoms with Crippen molar-refractivity contribution in [2.75, 3.05) is 32.9 Å².